The van der Waals surface area contributed by atoms with Gasteiger partial charge >= 0.3 is 7.67 Å². The van der Waals surface area contributed by atoms with Crippen LogP contribution >= 0.6 is 7.67 Å². The fourth-order valence-corrected chi connectivity index (χ4v) is 3.31. The quantitative estimate of drug-likeness (QED) is 0.487. The second-order valence-corrected chi connectivity index (χ2v) is 5.60. The lowest BCUT2D eigenvalue weighted by atomic mass is 10.1. The van der Waals surface area contributed by atoms with Crippen molar-refractivity contribution in [2.45, 2.75) is 6.92 Å². The average molecular weight is 176 g/mol. The third-order valence-electron chi connectivity index (χ3n) is 2.21. The summed E-state index contributed by atoms with van der Waals surface area (Å²) in [6.07, 6.45) is 0. The Hall–Kier alpha value is 0.110. The van der Waals surface area contributed by atoms with Crippen LogP contribution in [0, 0.1) is 5.92 Å². The number of hydrogen-bond donors (Lipinski definition) is 1. The van der Waals surface area contributed by atoms with Crippen LogP contribution in [-0.4, -0.2) is 40.4 Å². The van der Waals surface area contributed by atoms with Gasteiger partial charge in [-0.3, -0.25) is 4.57 Å². The molecule has 0 amide bonds. The first-order valence-electron chi connectivity index (χ1n) is 3.94. The second kappa shape index (κ2) is 2.30. The van der Waals surface area contributed by atoms with Gasteiger partial charge in [-0.25, -0.2) is 9.34 Å². The van der Waals surface area contributed by atoms with Crippen molar-refractivity contribution >= 4 is 7.67 Å². The minimum atomic E-state index is -3.03. The Balaban J connectivity index is 1.98. The van der Waals surface area contributed by atoms with Crippen LogP contribution in [0.15, 0.2) is 0 Å². The fraction of sp³-hybridized carbons (Fsp3) is 1.00. The second-order valence-electron chi connectivity index (χ2n) is 3.44. The summed E-state index contributed by atoms with van der Waals surface area (Å²) in [5.74, 6) is 0.593. The van der Waals surface area contributed by atoms with E-state index in [0.717, 1.165) is 26.2 Å². The summed E-state index contributed by atoms with van der Waals surface area (Å²) < 4.78 is 14.8. The molecule has 0 aliphatic carbocycles. The predicted molar refractivity (Wildman–Crippen MR) is 42.1 cm³/mol. The van der Waals surface area contributed by atoms with Gasteiger partial charge in [-0.05, 0) is 5.92 Å². The summed E-state index contributed by atoms with van der Waals surface area (Å²) in [5, 5.41) is 0. The fourth-order valence-electron chi connectivity index (χ4n) is 1.36. The standard InChI is InChI=1S/C6H13N2O2P/c1-6-4-8(5-6)11(9,10)7-2-3-7/h6H,2-5H2,1H3,(H,9,10). The molecule has 0 spiro atoms. The van der Waals surface area contributed by atoms with Crippen LogP contribution in [0.3, 0.4) is 0 Å². The van der Waals surface area contributed by atoms with Crippen LogP contribution in [-0.2, 0) is 4.57 Å². The first-order valence-corrected chi connectivity index (χ1v) is 5.51. The third kappa shape index (κ3) is 1.25. The number of nitrogens with zero attached hydrogens (tertiary/aromatic N) is 2. The molecule has 0 aromatic heterocycles. The third-order valence-corrected chi connectivity index (χ3v) is 4.41. The molecular formula is C6H13N2O2P. The molecule has 64 valence electrons. The molecule has 2 aliphatic heterocycles. The minimum Gasteiger partial charge on any atom is -0.322 e. The molecule has 11 heavy (non-hydrogen) atoms. The summed E-state index contributed by atoms with van der Waals surface area (Å²) in [7, 11) is -3.03. The Bertz CT molecular complexity index is 211. The molecule has 2 aliphatic rings. The lowest BCUT2D eigenvalue weighted by molar-refractivity contribution is 0.181. The molecule has 0 aromatic carbocycles. The molecule has 0 radical (unpaired) electrons. The van der Waals surface area contributed by atoms with Gasteiger partial charge < -0.3 is 4.89 Å². The van der Waals surface area contributed by atoms with Gasteiger partial charge in [0.2, 0.25) is 0 Å². The largest absolute Gasteiger partial charge is 0.343 e. The monoisotopic (exact) mass is 176 g/mol. The summed E-state index contributed by atoms with van der Waals surface area (Å²) >= 11 is 0. The summed E-state index contributed by atoms with van der Waals surface area (Å²) in [5.41, 5.74) is 0. The van der Waals surface area contributed by atoms with Crippen molar-refractivity contribution in [2.24, 2.45) is 5.92 Å². The maximum absolute atomic E-state index is 11.5. The Labute approximate surface area is 66.4 Å². The highest BCUT2D eigenvalue weighted by molar-refractivity contribution is 7.53. The van der Waals surface area contributed by atoms with Gasteiger partial charge in [0.1, 0.15) is 0 Å². The summed E-state index contributed by atoms with van der Waals surface area (Å²) in [4.78, 5) is 9.50. The molecule has 5 heteroatoms. The highest BCUT2D eigenvalue weighted by Crippen LogP contribution is 2.55. The van der Waals surface area contributed by atoms with Crippen LogP contribution in [0.25, 0.3) is 0 Å². The zero-order valence-electron chi connectivity index (χ0n) is 6.60. The molecule has 1 atom stereocenters. The van der Waals surface area contributed by atoms with E-state index in [4.69, 9.17) is 0 Å². The van der Waals surface area contributed by atoms with E-state index >= 15 is 0 Å². The van der Waals surface area contributed by atoms with E-state index in [1.807, 2.05) is 0 Å². The van der Waals surface area contributed by atoms with Gasteiger partial charge in [-0.15, -0.1) is 0 Å². The Morgan fingerprint density at radius 1 is 1.36 bits per heavy atom. The number of hydrogen-bond acceptors (Lipinski definition) is 1. The molecular weight excluding hydrogens is 163 g/mol. The normalized spacial score (nSPS) is 32.9. The van der Waals surface area contributed by atoms with Gasteiger partial charge in [0.15, 0.2) is 0 Å². The van der Waals surface area contributed by atoms with Crippen LogP contribution in [0.2, 0.25) is 0 Å². The molecule has 1 unspecified atom stereocenters. The Kier molecular flexibility index (Phi) is 1.62. The van der Waals surface area contributed by atoms with Crippen molar-refractivity contribution in [3.8, 4) is 0 Å². The predicted octanol–water partition coefficient (Wildman–Crippen LogP) is 0.354. The van der Waals surface area contributed by atoms with Gasteiger partial charge in [-0.1, -0.05) is 6.92 Å². The van der Waals surface area contributed by atoms with E-state index in [-0.39, 0.29) is 0 Å². The van der Waals surface area contributed by atoms with Crippen molar-refractivity contribution in [1.29, 1.82) is 0 Å². The van der Waals surface area contributed by atoms with E-state index in [9.17, 15) is 9.46 Å². The molecule has 2 fully saturated rings. The van der Waals surface area contributed by atoms with Crippen molar-refractivity contribution in [3.05, 3.63) is 0 Å². The maximum Gasteiger partial charge on any atom is 0.343 e. The topological polar surface area (TPSA) is 43.6 Å². The zero-order valence-corrected chi connectivity index (χ0v) is 7.50. The van der Waals surface area contributed by atoms with E-state index in [1.54, 1.807) is 9.34 Å². The highest BCUT2D eigenvalue weighted by Gasteiger charge is 2.45. The molecule has 4 nitrogen and oxygen atoms in total. The average Bonchev–Trinajstić information content (AvgIpc) is 2.60. The van der Waals surface area contributed by atoms with E-state index in [2.05, 4.69) is 6.92 Å². The lowest BCUT2D eigenvalue weighted by Crippen LogP contribution is -2.43. The van der Waals surface area contributed by atoms with E-state index < -0.39 is 7.67 Å². The van der Waals surface area contributed by atoms with Crippen LogP contribution < -0.4 is 0 Å². The lowest BCUT2D eigenvalue weighted by Gasteiger charge is -2.39. The first kappa shape index (κ1) is 7.74. The van der Waals surface area contributed by atoms with Gasteiger partial charge in [0.05, 0.1) is 0 Å². The molecule has 1 N–H and O–H groups in total. The highest BCUT2D eigenvalue weighted by atomic mass is 31.2. The first-order chi connectivity index (χ1) is 5.10. The molecule has 2 saturated heterocycles. The Morgan fingerprint density at radius 3 is 2.27 bits per heavy atom. The van der Waals surface area contributed by atoms with Gasteiger partial charge in [0, 0.05) is 26.2 Å². The molecule has 2 rings (SSSR count). The molecule has 2 heterocycles. The van der Waals surface area contributed by atoms with Gasteiger partial charge in [-0.2, -0.15) is 0 Å². The van der Waals surface area contributed by atoms with Crippen molar-refractivity contribution in [3.63, 3.8) is 0 Å². The van der Waals surface area contributed by atoms with E-state index in [0.29, 0.717) is 5.92 Å². The zero-order chi connectivity index (χ0) is 8.06. The minimum absolute atomic E-state index is 0.593. The van der Waals surface area contributed by atoms with E-state index in [1.165, 1.54) is 0 Å². The Morgan fingerprint density at radius 2 is 1.91 bits per heavy atom. The maximum atomic E-state index is 11.5. The summed E-state index contributed by atoms with van der Waals surface area (Å²) in [6, 6.07) is 0. The van der Waals surface area contributed by atoms with Crippen LogP contribution in [0.5, 0.6) is 0 Å². The molecule has 0 saturated carbocycles. The smallest absolute Gasteiger partial charge is 0.322 e. The van der Waals surface area contributed by atoms with Crippen molar-refractivity contribution in [1.82, 2.24) is 9.34 Å². The molecule has 0 bridgehead atoms. The molecule has 0 aromatic rings. The number of rotatable bonds is 2. The van der Waals surface area contributed by atoms with Crippen LogP contribution in [0.4, 0.5) is 0 Å². The SMILES string of the molecule is CC1CN(P(=O)(O)N2CC2)C1. The van der Waals surface area contributed by atoms with Crippen molar-refractivity contribution in [2.75, 3.05) is 26.2 Å². The van der Waals surface area contributed by atoms with Crippen LogP contribution in [0.1, 0.15) is 6.92 Å². The van der Waals surface area contributed by atoms with Gasteiger partial charge in [0.25, 0.3) is 0 Å². The van der Waals surface area contributed by atoms with Crippen molar-refractivity contribution < 1.29 is 9.46 Å². The summed E-state index contributed by atoms with van der Waals surface area (Å²) in [6.45, 7) is 5.24.